The van der Waals surface area contributed by atoms with Gasteiger partial charge < -0.3 is 14.8 Å². The van der Waals surface area contributed by atoms with E-state index in [1.165, 1.54) is 23.5 Å². The topological polar surface area (TPSA) is 117 Å². The van der Waals surface area contributed by atoms with Crippen LogP contribution in [-0.4, -0.2) is 36.7 Å². The van der Waals surface area contributed by atoms with E-state index in [1.807, 2.05) is 24.3 Å². The Balaban J connectivity index is 1.88. The number of hydrogen-bond acceptors (Lipinski definition) is 9. The number of carbonyl (C=O) groups excluding carboxylic acids is 3. The van der Waals surface area contributed by atoms with Crippen LogP contribution in [0.5, 0.6) is 0 Å². The van der Waals surface area contributed by atoms with E-state index in [4.69, 9.17) is 18.7 Å². The van der Waals surface area contributed by atoms with Gasteiger partial charge in [0, 0.05) is 17.2 Å². The highest BCUT2D eigenvalue weighted by molar-refractivity contribution is 7.20. The van der Waals surface area contributed by atoms with Gasteiger partial charge in [0.25, 0.3) is 5.91 Å². The smallest absolute Gasteiger partial charge is 0.438 e. The highest BCUT2D eigenvalue weighted by Crippen LogP contribution is 2.32. The average Bonchev–Trinajstić information content (AvgIpc) is 3.35. The van der Waals surface area contributed by atoms with E-state index in [-0.39, 0.29) is 25.2 Å². The van der Waals surface area contributed by atoms with Gasteiger partial charge in [-0.1, -0.05) is 34.9 Å². The number of benzene rings is 2. The van der Waals surface area contributed by atoms with Crippen molar-refractivity contribution in [3.63, 3.8) is 0 Å². The molecule has 3 rings (SSSR count). The van der Waals surface area contributed by atoms with E-state index >= 15 is 0 Å². The number of rotatable bonds is 13. The number of ether oxygens (including phenoxy) is 3. The van der Waals surface area contributed by atoms with Crippen molar-refractivity contribution in [1.82, 2.24) is 5.32 Å². The number of esters is 2. The van der Waals surface area contributed by atoms with Crippen LogP contribution in [0, 0.1) is 16.6 Å². The summed E-state index contributed by atoms with van der Waals surface area (Å²) in [6.45, 7) is 9.20. The van der Waals surface area contributed by atoms with Crippen molar-refractivity contribution in [3.8, 4) is 0 Å². The first-order valence-corrected chi connectivity index (χ1v) is 15.4. The maximum Gasteiger partial charge on any atom is 0.500 e. The SMILES string of the molecule is CC(C)(C)C(=O)OCOC(CCC(Cc1cccc(F)c1)NC(=O)c1cc2ccccc2s1)(O[PH+]=O)OC(=O)C(C)(C)C. The van der Waals surface area contributed by atoms with Gasteiger partial charge in [-0.15, -0.1) is 11.3 Å². The van der Waals surface area contributed by atoms with E-state index in [1.54, 1.807) is 59.7 Å². The molecule has 3 unspecified atom stereocenters. The maximum atomic E-state index is 14.0. The van der Waals surface area contributed by atoms with Crippen LogP contribution in [0.3, 0.4) is 0 Å². The summed E-state index contributed by atoms with van der Waals surface area (Å²) in [4.78, 5) is 39.1. The van der Waals surface area contributed by atoms with E-state index < -0.39 is 56.1 Å². The van der Waals surface area contributed by atoms with E-state index in [0.29, 0.717) is 10.4 Å². The van der Waals surface area contributed by atoms with E-state index in [9.17, 15) is 23.3 Å². The summed E-state index contributed by atoms with van der Waals surface area (Å²) in [5.41, 5.74) is -1.20. The Hall–Kier alpha value is -3.24. The summed E-state index contributed by atoms with van der Waals surface area (Å²) in [5, 5.41) is 3.92. The van der Waals surface area contributed by atoms with Crippen molar-refractivity contribution in [3.05, 3.63) is 70.9 Å². The third kappa shape index (κ3) is 10.2. The van der Waals surface area contributed by atoms with Gasteiger partial charge in [-0.25, -0.2) is 4.39 Å². The highest BCUT2D eigenvalue weighted by atomic mass is 32.1. The minimum absolute atomic E-state index is 0.0856. The Labute approximate surface area is 256 Å². The van der Waals surface area contributed by atoms with Crippen molar-refractivity contribution in [2.75, 3.05) is 6.79 Å². The lowest BCUT2D eigenvalue weighted by Crippen LogP contribution is -2.45. The van der Waals surface area contributed by atoms with Crippen LogP contribution >= 0.6 is 20.0 Å². The maximum absolute atomic E-state index is 14.0. The Morgan fingerprint density at radius 3 is 2.28 bits per heavy atom. The third-order valence-electron chi connectivity index (χ3n) is 6.29. The average molecular weight is 635 g/mol. The van der Waals surface area contributed by atoms with Gasteiger partial charge in [0.05, 0.1) is 15.7 Å². The molecule has 3 aromatic rings. The van der Waals surface area contributed by atoms with Gasteiger partial charge in [0.2, 0.25) is 0 Å². The summed E-state index contributed by atoms with van der Waals surface area (Å²) in [6.07, 6.45) is 0.0996. The van der Waals surface area contributed by atoms with Crippen molar-refractivity contribution in [1.29, 1.82) is 0 Å². The second-order valence-corrected chi connectivity index (χ2v) is 13.6. The molecule has 0 radical (unpaired) electrons. The van der Waals surface area contributed by atoms with Crippen molar-refractivity contribution in [2.45, 2.75) is 72.8 Å². The second-order valence-electron chi connectivity index (χ2n) is 12.1. The lowest BCUT2D eigenvalue weighted by molar-refractivity contribution is -0.348. The van der Waals surface area contributed by atoms with Crippen LogP contribution in [0.15, 0.2) is 54.6 Å². The molecule has 12 heteroatoms. The van der Waals surface area contributed by atoms with Gasteiger partial charge in [-0.05, 0) is 94.2 Å². The molecule has 0 spiro atoms. The number of thiophene rings is 1. The van der Waals surface area contributed by atoms with Crippen molar-refractivity contribution in [2.24, 2.45) is 10.8 Å². The molecule has 0 saturated carbocycles. The highest BCUT2D eigenvalue weighted by Gasteiger charge is 2.45. The number of amides is 1. The minimum Gasteiger partial charge on any atom is -0.438 e. The number of fused-ring (bicyclic) bond motifs is 1. The number of carbonyl (C=O) groups is 3. The van der Waals surface area contributed by atoms with Crippen molar-refractivity contribution < 1.29 is 42.1 Å². The molecule has 43 heavy (non-hydrogen) atoms. The predicted molar refractivity (Wildman–Crippen MR) is 162 cm³/mol. The molecule has 1 heterocycles. The third-order valence-corrected chi connectivity index (χ3v) is 7.80. The first-order valence-electron chi connectivity index (χ1n) is 13.8. The molecule has 0 fully saturated rings. The molecular formula is C31H38FNO8PS+. The molecule has 1 aromatic heterocycles. The van der Waals surface area contributed by atoms with Gasteiger partial charge >= 0.3 is 26.6 Å². The van der Waals surface area contributed by atoms with Crippen molar-refractivity contribution >= 4 is 48.0 Å². The monoisotopic (exact) mass is 634 g/mol. The zero-order valence-corrected chi connectivity index (χ0v) is 27.0. The molecule has 2 aromatic carbocycles. The Bertz CT molecular complexity index is 1410. The molecule has 0 aliphatic carbocycles. The van der Waals surface area contributed by atoms with Crippen LogP contribution in [0.4, 0.5) is 4.39 Å². The quantitative estimate of drug-likeness (QED) is 0.122. The lowest BCUT2D eigenvalue weighted by atomic mass is 9.97. The molecule has 1 amide bonds. The molecule has 9 nitrogen and oxygen atoms in total. The molecule has 0 aliphatic heterocycles. The molecule has 0 bridgehead atoms. The fourth-order valence-electron chi connectivity index (χ4n) is 3.88. The summed E-state index contributed by atoms with van der Waals surface area (Å²) < 4.78 is 48.6. The minimum atomic E-state index is -2.20. The molecule has 232 valence electrons. The van der Waals surface area contributed by atoms with Gasteiger partial charge in [-0.2, -0.15) is 0 Å². The zero-order valence-electron chi connectivity index (χ0n) is 25.2. The molecule has 3 atom stereocenters. The summed E-state index contributed by atoms with van der Waals surface area (Å²) in [7, 11) is -1.40. The number of nitrogens with one attached hydrogen (secondary N) is 1. The fourth-order valence-corrected chi connectivity index (χ4v) is 5.17. The summed E-state index contributed by atoms with van der Waals surface area (Å²) in [5.74, 6) is -4.27. The van der Waals surface area contributed by atoms with Crippen LogP contribution in [0.25, 0.3) is 10.1 Å². The predicted octanol–water partition coefficient (Wildman–Crippen LogP) is 6.92. The number of hydrogen-bond donors (Lipinski definition) is 1. The standard InChI is InChI=1S/C31H37FNO8PS/c1-29(2,3)27(35)38-19-39-31(41-42-37,40-28(36)30(4,5)6)15-14-23(17-20-10-9-12-22(32)16-20)33-26(34)25-18-21-11-7-8-13-24(21)43-25/h7-13,16,18,23,42H,14-15,17,19H2,1-6H3/p+1. The molecule has 0 saturated heterocycles. The van der Waals surface area contributed by atoms with Gasteiger partial charge in [-0.3, -0.25) is 19.1 Å². The van der Waals surface area contributed by atoms with Crippen LogP contribution < -0.4 is 5.32 Å². The Morgan fingerprint density at radius 1 is 0.953 bits per heavy atom. The molecule has 1 N–H and O–H groups in total. The Morgan fingerprint density at radius 2 is 1.65 bits per heavy atom. The molecular weight excluding hydrogens is 596 g/mol. The second kappa shape index (κ2) is 14.5. The Kier molecular flexibility index (Phi) is 11.5. The largest absolute Gasteiger partial charge is 0.500 e. The molecule has 0 aliphatic rings. The van der Waals surface area contributed by atoms with Crippen LogP contribution in [-0.2, 0) is 39.3 Å². The van der Waals surface area contributed by atoms with Gasteiger partial charge in [0.1, 0.15) is 5.82 Å². The summed E-state index contributed by atoms with van der Waals surface area (Å²) >= 11 is 1.34. The lowest BCUT2D eigenvalue weighted by Gasteiger charge is -2.31. The van der Waals surface area contributed by atoms with Gasteiger partial charge in [0.15, 0.2) is 6.79 Å². The van der Waals surface area contributed by atoms with E-state index in [0.717, 1.165) is 10.1 Å². The first kappa shape index (κ1) is 34.3. The number of halogens is 1. The normalized spacial score (nSPS) is 14.2. The fraction of sp³-hybridized carbons (Fsp3) is 0.452. The first-order chi connectivity index (χ1) is 20.1. The van der Waals surface area contributed by atoms with Crippen LogP contribution in [0.1, 0.15) is 69.6 Å². The zero-order chi connectivity index (χ0) is 31.8. The van der Waals surface area contributed by atoms with E-state index in [2.05, 4.69) is 5.32 Å². The van der Waals surface area contributed by atoms with Crippen LogP contribution in [0.2, 0.25) is 0 Å². The summed E-state index contributed by atoms with van der Waals surface area (Å²) in [6, 6.07) is 14.8.